The molecule has 4 heterocycles. The van der Waals surface area contributed by atoms with E-state index in [1.165, 1.54) is 12.1 Å². The zero-order chi connectivity index (χ0) is 20.8. The maximum Gasteiger partial charge on any atom is 0.264 e. The lowest BCUT2D eigenvalue weighted by molar-refractivity contribution is 0.393. The van der Waals surface area contributed by atoms with Crippen LogP contribution in [0.4, 0.5) is 15.9 Å². The summed E-state index contributed by atoms with van der Waals surface area (Å²) in [6, 6.07) is 4.77. The summed E-state index contributed by atoms with van der Waals surface area (Å²) in [5.41, 5.74) is 2.23. The molecule has 3 aromatic rings. The number of hydrogen-bond acceptors (Lipinski definition) is 6. The van der Waals surface area contributed by atoms with Crippen LogP contribution in [0.3, 0.4) is 0 Å². The van der Waals surface area contributed by atoms with Gasteiger partial charge in [0, 0.05) is 36.8 Å². The van der Waals surface area contributed by atoms with Gasteiger partial charge < -0.3 is 24.5 Å². The predicted molar refractivity (Wildman–Crippen MR) is 115 cm³/mol. The Balaban J connectivity index is 1.41. The third-order valence-corrected chi connectivity index (χ3v) is 6.48. The van der Waals surface area contributed by atoms with Crippen molar-refractivity contribution in [2.45, 2.75) is 18.9 Å². The van der Waals surface area contributed by atoms with Crippen molar-refractivity contribution in [1.82, 2.24) is 20.1 Å². The molecule has 1 atom stereocenters. The quantitative estimate of drug-likeness (QED) is 0.575. The summed E-state index contributed by atoms with van der Waals surface area (Å²) < 4.78 is 19.9. The van der Waals surface area contributed by atoms with E-state index in [0.717, 1.165) is 49.8 Å². The van der Waals surface area contributed by atoms with Gasteiger partial charge in [0.05, 0.1) is 16.6 Å². The lowest BCUT2D eigenvalue weighted by Gasteiger charge is -2.30. The molecule has 1 unspecified atom stereocenters. The van der Waals surface area contributed by atoms with E-state index in [9.17, 15) is 4.39 Å². The molecule has 30 heavy (non-hydrogen) atoms. The molecule has 1 saturated heterocycles. The van der Waals surface area contributed by atoms with E-state index in [1.54, 1.807) is 0 Å². The summed E-state index contributed by atoms with van der Waals surface area (Å²) in [6.45, 7) is 3.79. The van der Waals surface area contributed by atoms with Gasteiger partial charge in [-0.15, -0.1) is 10.2 Å². The van der Waals surface area contributed by atoms with Crippen molar-refractivity contribution in [3.05, 3.63) is 45.5 Å². The van der Waals surface area contributed by atoms with Crippen molar-refractivity contribution in [2.24, 2.45) is 0 Å². The molecule has 2 N–H and O–H groups in total. The fourth-order valence-corrected chi connectivity index (χ4v) is 4.58. The van der Waals surface area contributed by atoms with Gasteiger partial charge in [-0.1, -0.05) is 23.2 Å². The lowest BCUT2D eigenvalue weighted by Crippen LogP contribution is -2.33. The van der Waals surface area contributed by atoms with Gasteiger partial charge in [-0.3, -0.25) is 0 Å². The Labute approximate surface area is 183 Å². The molecule has 5 rings (SSSR count). The minimum absolute atomic E-state index is 0.0569. The van der Waals surface area contributed by atoms with Crippen LogP contribution in [0.1, 0.15) is 23.8 Å². The summed E-state index contributed by atoms with van der Waals surface area (Å²) in [4.78, 5) is 7.67. The maximum absolute atomic E-state index is 13.9. The van der Waals surface area contributed by atoms with Crippen LogP contribution in [0.15, 0.2) is 22.6 Å². The van der Waals surface area contributed by atoms with Crippen LogP contribution >= 0.6 is 23.2 Å². The van der Waals surface area contributed by atoms with Crippen molar-refractivity contribution >= 4 is 34.7 Å². The van der Waals surface area contributed by atoms with Gasteiger partial charge in [0.2, 0.25) is 5.89 Å². The Kier molecular flexibility index (Phi) is 5.08. The fourth-order valence-electron chi connectivity index (χ4n) is 4.09. The van der Waals surface area contributed by atoms with Crippen molar-refractivity contribution in [2.75, 3.05) is 43.4 Å². The number of rotatable bonds is 4. The summed E-state index contributed by atoms with van der Waals surface area (Å²) in [5, 5.41) is 12.3. The number of halogens is 3. The first kappa shape index (κ1) is 19.7. The van der Waals surface area contributed by atoms with Crippen LogP contribution in [-0.2, 0) is 6.54 Å². The first-order valence-electron chi connectivity index (χ1n) is 9.86. The highest BCUT2D eigenvalue weighted by molar-refractivity contribution is 6.36. The Morgan fingerprint density at radius 1 is 1.27 bits per heavy atom. The van der Waals surface area contributed by atoms with E-state index in [-0.39, 0.29) is 10.9 Å². The molecular weight excluding hydrogens is 430 g/mol. The molecule has 0 saturated carbocycles. The second-order valence-electron chi connectivity index (χ2n) is 7.81. The first-order valence-corrected chi connectivity index (χ1v) is 10.6. The maximum atomic E-state index is 13.9. The molecule has 7 nitrogen and oxygen atoms in total. The number of H-pyrrole nitrogens is 1. The van der Waals surface area contributed by atoms with E-state index in [2.05, 4.69) is 37.3 Å². The predicted octanol–water partition coefficient (Wildman–Crippen LogP) is 4.36. The fraction of sp³-hybridized carbons (Fsp3) is 0.400. The SMILES string of the molecule is CN1CCC(c2nnc(-c3cc4c([nH]3)NCCN4Cc3c(Cl)ccc(F)c3Cl)o2)C1. The molecule has 1 fully saturated rings. The third kappa shape index (κ3) is 3.53. The van der Waals surface area contributed by atoms with Gasteiger partial charge in [0.25, 0.3) is 5.89 Å². The van der Waals surface area contributed by atoms with Gasteiger partial charge in [-0.2, -0.15) is 0 Å². The van der Waals surface area contributed by atoms with Crippen LogP contribution in [0.5, 0.6) is 0 Å². The number of nitrogens with one attached hydrogen (secondary N) is 2. The summed E-state index contributed by atoms with van der Waals surface area (Å²) in [5.74, 6) is 1.77. The summed E-state index contributed by atoms with van der Waals surface area (Å²) in [7, 11) is 2.09. The number of aromatic nitrogens is 3. The highest BCUT2D eigenvalue weighted by atomic mass is 35.5. The van der Waals surface area contributed by atoms with Crippen molar-refractivity contribution < 1.29 is 8.81 Å². The van der Waals surface area contributed by atoms with Crippen molar-refractivity contribution in [1.29, 1.82) is 0 Å². The van der Waals surface area contributed by atoms with Gasteiger partial charge in [0.15, 0.2) is 0 Å². The van der Waals surface area contributed by atoms with Gasteiger partial charge in [-0.05, 0) is 38.2 Å². The monoisotopic (exact) mass is 450 g/mol. The van der Waals surface area contributed by atoms with E-state index in [4.69, 9.17) is 27.6 Å². The minimum atomic E-state index is -0.475. The number of fused-ring (bicyclic) bond motifs is 1. The number of anilines is 2. The van der Waals surface area contributed by atoms with Crippen LogP contribution in [0, 0.1) is 5.82 Å². The van der Waals surface area contributed by atoms with Crippen LogP contribution < -0.4 is 10.2 Å². The summed E-state index contributed by atoms with van der Waals surface area (Å²) >= 11 is 12.5. The van der Waals surface area contributed by atoms with Crippen LogP contribution in [0.2, 0.25) is 10.0 Å². The number of likely N-dealkylation sites (N-methyl/N-ethyl adjacent to an activating group) is 1. The summed E-state index contributed by atoms with van der Waals surface area (Å²) in [6.07, 6.45) is 1.02. The molecule has 0 radical (unpaired) electrons. The number of hydrogen-bond donors (Lipinski definition) is 2. The second-order valence-corrected chi connectivity index (χ2v) is 8.59. The molecule has 10 heteroatoms. The Morgan fingerprint density at radius 3 is 2.93 bits per heavy atom. The van der Waals surface area contributed by atoms with E-state index in [0.29, 0.717) is 28.9 Å². The third-order valence-electron chi connectivity index (χ3n) is 5.72. The highest BCUT2D eigenvalue weighted by Crippen LogP contribution is 2.37. The van der Waals surface area contributed by atoms with Gasteiger partial charge in [-0.25, -0.2) is 4.39 Å². The zero-order valence-corrected chi connectivity index (χ0v) is 17.9. The van der Waals surface area contributed by atoms with Crippen molar-refractivity contribution in [3.8, 4) is 11.6 Å². The van der Waals surface area contributed by atoms with Gasteiger partial charge in [0.1, 0.15) is 17.3 Å². The molecule has 0 aliphatic carbocycles. The zero-order valence-electron chi connectivity index (χ0n) is 16.4. The van der Waals surface area contributed by atoms with Crippen LogP contribution in [0.25, 0.3) is 11.6 Å². The number of nitrogens with zero attached hydrogens (tertiary/aromatic N) is 4. The molecule has 2 aromatic heterocycles. The average molecular weight is 451 g/mol. The molecule has 0 spiro atoms. The second kappa shape index (κ2) is 7.76. The Hall–Kier alpha value is -2.29. The number of aromatic amines is 1. The first-order chi connectivity index (χ1) is 14.5. The molecule has 158 valence electrons. The Bertz CT molecular complexity index is 1080. The van der Waals surface area contributed by atoms with E-state index in [1.807, 2.05) is 6.07 Å². The van der Waals surface area contributed by atoms with Crippen molar-refractivity contribution in [3.63, 3.8) is 0 Å². The van der Waals surface area contributed by atoms with E-state index < -0.39 is 5.82 Å². The number of benzene rings is 1. The smallest absolute Gasteiger partial charge is 0.264 e. The molecule has 0 bridgehead atoms. The van der Waals surface area contributed by atoms with Gasteiger partial charge >= 0.3 is 0 Å². The Morgan fingerprint density at radius 2 is 2.13 bits per heavy atom. The molecular formula is C20H21Cl2FN6O. The molecule has 1 aromatic carbocycles. The normalized spacial score (nSPS) is 19.2. The minimum Gasteiger partial charge on any atom is -0.419 e. The average Bonchev–Trinajstić information content (AvgIpc) is 3.46. The van der Waals surface area contributed by atoms with Crippen LogP contribution in [-0.4, -0.2) is 53.3 Å². The number of likely N-dealkylation sites (tertiary alicyclic amines) is 1. The molecule has 0 amide bonds. The largest absolute Gasteiger partial charge is 0.419 e. The topological polar surface area (TPSA) is 73.2 Å². The standard InChI is InChI=1S/C20H21Cl2FN6O/c1-28-6-4-11(9-28)19-26-27-20(30-19)15-8-16-18(25-15)24-5-7-29(16)10-12-13(21)2-3-14(23)17(12)22/h2-3,8,11,24-25H,4-7,9-10H2,1H3. The highest BCUT2D eigenvalue weighted by Gasteiger charge is 2.28. The molecule has 2 aliphatic heterocycles. The van der Waals surface area contributed by atoms with E-state index >= 15 is 0 Å². The lowest BCUT2D eigenvalue weighted by atomic mass is 10.1. The molecule has 2 aliphatic rings.